The minimum absolute atomic E-state index is 0.238. The third-order valence-electron chi connectivity index (χ3n) is 5.18. The summed E-state index contributed by atoms with van der Waals surface area (Å²) in [4.78, 5) is 26.3. The Labute approximate surface area is 196 Å². The number of anilines is 2. The molecule has 11 heteroatoms. The number of esters is 1. The van der Waals surface area contributed by atoms with E-state index >= 15 is 0 Å². The van der Waals surface area contributed by atoms with E-state index in [0.717, 1.165) is 37.7 Å². The Morgan fingerprint density at radius 3 is 2.72 bits per heavy atom. The summed E-state index contributed by atoms with van der Waals surface area (Å²) >= 11 is 7.05. The maximum absolute atomic E-state index is 12.6. The summed E-state index contributed by atoms with van der Waals surface area (Å²) in [6.45, 7) is 3.31. The average Bonchev–Trinajstić information content (AvgIpc) is 3.25. The number of aromatic nitrogens is 2. The molecule has 3 N–H and O–H groups in total. The predicted molar refractivity (Wildman–Crippen MR) is 129 cm³/mol. The van der Waals surface area contributed by atoms with Crippen molar-refractivity contribution in [3.63, 3.8) is 0 Å². The van der Waals surface area contributed by atoms with Crippen LogP contribution >= 0.6 is 23.6 Å². The number of thiophene rings is 1. The van der Waals surface area contributed by atoms with Crippen LogP contribution in [0.25, 0.3) is 0 Å². The molecule has 0 saturated carbocycles. The Kier molecular flexibility index (Phi) is 8.60. The molecule has 1 aliphatic carbocycles. The Hall–Kier alpha value is -2.50. The number of amides is 1. The van der Waals surface area contributed by atoms with Crippen LogP contribution in [0.15, 0.2) is 6.20 Å². The largest absolute Gasteiger partial charge is 0.465 e. The van der Waals surface area contributed by atoms with E-state index in [0.29, 0.717) is 35.9 Å². The molecule has 0 saturated heterocycles. The van der Waals surface area contributed by atoms with Crippen LogP contribution in [0.1, 0.15) is 57.5 Å². The normalized spacial score (nSPS) is 13.1. The summed E-state index contributed by atoms with van der Waals surface area (Å²) in [6.07, 6.45) is 6.83. The molecule has 2 heterocycles. The zero-order valence-electron chi connectivity index (χ0n) is 18.6. The zero-order valence-corrected chi connectivity index (χ0v) is 20.2. The highest BCUT2D eigenvalue weighted by Crippen LogP contribution is 2.38. The highest BCUT2D eigenvalue weighted by Gasteiger charge is 2.26. The van der Waals surface area contributed by atoms with Crippen molar-refractivity contribution in [3.05, 3.63) is 27.9 Å². The van der Waals surface area contributed by atoms with Gasteiger partial charge in [0.05, 0.1) is 25.0 Å². The monoisotopic (exact) mass is 479 g/mol. The summed E-state index contributed by atoms with van der Waals surface area (Å²) < 4.78 is 11.7. The van der Waals surface area contributed by atoms with Crippen molar-refractivity contribution < 1.29 is 19.1 Å². The lowest BCUT2D eigenvalue weighted by atomic mass is 10.1. The first-order chi connectivity index (χ1) is 15.5. The first kappa shape index (κ1) is 24.1. The first-order valence-corrected chi connectivity index (χ1v) is 11.9. The minimum atomic E-state index is -0.369. The van der Waals surface area contributed by atoms with Crippen LogP contribution in [0.4, 0.5) is 10.7 Å². The van der Waals surface area contributed by atoms with Gasteiger partial charge in [0.25, 0.3) is 5.91 Å². The van der Waals surface area contributed by atoms with Crippen molar-refractivity contribution in [3.8, 4) is 0 Å². The summed E-state index contributed by atoms with van der Waals surface area (Å²) in [5.41, 5.74) is 2.33. The smallest absolute Gasteiger partial charge is 0.341 e. The molecule has 3 rings (SSSR count). The van der Waals surface area contributed by atoms with Gasteiger partial charge >= 0.3 is 5.97 Å². The minimum Gasteiger partial charge on any atom is -0.465 e. The second-order valence-electron chi connectivity index (χ2n) is 7.34. The van der Waals surface area contributed by atoms with Gasteiger partial charge in [0, 0.05) is 31.3 Å². The van der Waals surface area contributed by atoms with Gasteiger partial charge in [-0.25, -0.2) is 4.79 Å². The van der Waals surface area contributed by atoms with Crippen LogP contribution in [-0.4, -0.2) is 54.1 Å². The molecule has 0 atom stereocenters. The number of hydrogen-bond donors (Lipinski definition) is 3. The zero-order chi connectivity index (χ0) is 23.1. The van der Waals surface area contributed by atoms with E-state index in [1.807, 2.05) is 6.92 Å². The molecule has 0 aromatic carbocycles. The quantitative estimate of drug-likeness (QED) is 0.229. The molecule has 2 aromatic heterocycles. The van der Waals surface area contributed by atoms with Crippen LogP contribution < -0.4 is 16.0 Å². The number of rotatable bonds is 8. The van der Waals surface area contributed by atoms with Crippen molar-refractivity contribution in [2.24, 2.45) is 0 Å². The molecule has 174 valence electrons. The lowest BCUT2D eigenvalue weighted by molar-refractivity contribution is 0.0601. The standard InChI is InChI=1S/C21H29N5O4S2/c1-4-26-12-14(17(25-26)18(27)22-10-11-29-2)23-21(31)24-19-16(20(28)30-3)13-8-6-5-7-9-15(13)32-19/h12H,4-11H2,1-3H3,(H,22,27)(H2,23,24,31). The third kappa shape index (κ3) is 5.64. The van der Waals surface area contributed by atoms with E-state index in [1.54, 1.807) is 18.0 Å². The number of aryl methyl sites for hydroxylation is 2. The van der Waals surface area contributed by atoms with Crippen LogP contribution in [0.3, 0.4) is 0 Å². The number of fused-ring (bicyclic) bond motifs is 1. The van der Waals surface area contributed by atoms with Crippen LogP contribution in [-0.2, 0) is 28.9 Å². The summed E-state index contributed by atoms with van der Waals surface area (Å²) in [5.74, 6) is -0.690. The van der Waals surface area contributed by atoms with Crippen molar-refractivity contribution in [1.29, 1.82) is 0 Å². The fourth-order valence-electron chi connectivity index (χ4n) is 3.60. The summed E-state index contributed by atoms with van der Waals surface area (Å²) in [6, 6.07) is 0. The fraction of sp³-hybridized carbons (Fsp3) is 0.524. The van der Waals surface area contributed by atoms with Crippen LogP contribution in [0, 0.1) is 0 Å². The van der Waals surface area contributed by atoms with E-state index in [9.17, 15) is 9.59 Å². The van der Waals surface area contributed by atoms with E-state index in [-0.39, 0.29) is 22.7 Å². The van der Waals surface area contributed by atoms with Gasteiger partial charge in [0.2, 0.25) is 0 Å². The molecule has 9 nitrogen and oxygen atoms in total. The summed E-state index contributed by atoms with van der Waals surface area (Å²) in [5, 5.41) is 14.2. The molecule has 0 spiro atoms. The second-order valence-corrected chi connectivity index (χ2v) is 8.85. The van der Waals surface area contributed by atoms with Gasteiger partial charge in [-0.05, 0) is 50.4 Å². The molecule has 1 amide bonds. The molecule has 0 bridgehead atoms. The topological polar surface area (TPSA) is 107 Å². The number of methoxy groups -OCH3 is 2. The van der Waals surface area contributed by atoms with Crippen molar-refractivity contribution in [2.75, 3.05) is 38.0 Å². The van der Waals surface area contributed by atoms with Crippen molar-refractivity contribution >= 4 is 51.2 Å². The maximum Gasteiger partial charge on any atom is 0.341 e. The number of nitrogens with one attached hydrogen (secondary N) is 3. The Morgan fingerprint density at radius 1 is 1.22 bits per heavy atom. The fourth-order valence-corrected chi connectivity index (χ4v) is 5.16. The molecule has 1 aliphatic rings. The van der Waals surface area contributed by atoms with E-state index < -0.39 is 0 Å². The predicted octanol–water partition coefficient (Wildman–Crippen LogP) is 3.21. The van der Waals surface area contributed by atoms with Crippen molar-refractivity contribution in [1.82, 2.24) is 15.1 Å². The Morgan fingerprint density at radius 2 is 2.00 bits per heavy atom. The SMILES string of the molecule is CCn1cc(NC(=S)Nc2sc3c(c2C(=O)OC)CCCCC3)c(C(=O)NCCOC)n1. The Bertz CT molecular complexity index is 985. The number of carbonyl (C=O) groups is 2. The molecule has 2 aromatic rings. The van der Waals surface area contributed by atoms with Crippen molar-refractivity contribution in [2.45, 2.75) is 45.6 Å². The molecule has 0 aliphatic heterocycles. The second kappa shape index (κ2) is 11.4. The number of carbonyl (C=O) groups excluding carboxylic acids is 2. The van der Waals surface area contributed by atoms with E-state index in [1.165, 1.54) is 23.3 Å². The molecule has 0 unspecified atom stereocenters. The third-order valence-corrected chi connectivity index (χ3v) is 6.59. The lowest BCUT2D eigenvalue weighted by Gasteiger charge is -2.11. The Balaban J connectivity index is 1.80. The van der Waals surface area contributed by atoms with Gasteiger partial charge in [-0.2, -0.15) is 5.10 Å². The van der Waals surface area contributed by atoms with Gasteiger partial charge in [-0.15, -0.1) is 11.3 Å². The number of hydrogen-bond acceptors (Lipinski definition) is 7. The van der Waals surface area contributed by atoms with Gasteiger partial charge < -0.3 is 25.4 Å². The van der Waals surface area contributed by atoms with Gasteiger partial charge in [-0.1, -0.05) is 6.42 Å². The molecular weight excluding hydrogens is 450 g/mol. The lowest BCUT2D eigenvalue weighted by Crippen LogP contribution is -2.29. The number of ether oxygens (including phenoxy) is 2. The number of thiocarbonyl (C=S) groups is 1. The van der Waals surface area contributed by atoms with Crippen LogP contribution in [0.2, 0.25) is 0 Å². The number of nitrogens with zero attached hydrogens (tertiary/aromatic N) is 2. The van der Waals surface area contributed by atoms with Crippen LogP contribution in [0.5, 0.6) is 0 Å². The average molecular weight is 480 g/mol. The highest BCUT2D eigenvalue weighted by atomic mass is 32.1. The van der Waals surface area contributed by atoms with Gasteiger partial charge in [0.15, 0.2) is 10.8 Å². The molecular formula is C21H29N5O4S2. The van der Waals surface area contributed by atoms with E-state index in [4.69, 9.17) is 21.7 Å². The highest BCUT2D eigenvalue weighted by molar-refractivity contribution is 7.80. The van der Waals surface area contributed by atoms with Gasteiger partial charge in [-0.3, -0.25) is 9.48 Å². The van der Waals surface area contributed by atoms with E-state index in [2.05, 4.69) is 21.0 Å². The molecule has 0 radical (unpaired) electrons. The first-order valence-electron chi connectivity index (χ1n) is 10.6. The summed E-state index contributed by atoms with van der Waals surface area (Å²) in [7, 11) is 2.96. The molecule has 32 heavy (non-hydrogen) atoms. The van der Waals surface area contributed by atoms with Gasteiger partial charge in [0.1, 0.15) is 5.00 Å². The maximum atomic E-state index is 12.6. The molecule has 0 fully saturated rings.